The summed E-state index contributed by atoms with van der Waals surface area (Å²) in [5, 5.41) is 0. The first kappa shape index (κ1) is 18.6. The van der Waals surface area contributed by atoms with Crippen LogP contribution in [-0.4, -0.2) is 31.7 Å². The Kier molecular flexibility index (Phi) is 9.18. The molecule has 0 radical (unpaired) electrons. The van der Waals surface area contributed by atoms with Gasteiger partial charge in [0.1, 0.15) is 5.78 Å². The molecule has 0 heterocycles. The molecule has 0 bridgehead atoms. The van der Waals surface area contributed by atoms with Crippen LogP contribution in [0.25, 0.3) is 0 Å². The number of hydrogen-bond donors (Lipinski definition) is 0. The molecule has 0 amide bonds. The number of ether oxygens (including phenoxy) is 2. The summed E-state index contributed by atoms with van der Waals surface area (Å²) < 4.78 is 11.5. The van der Waals surface area contributed by atoms with Crippen LogP contribution < -0.4 is 0 Å². The van der Waals surface area contributed by atoms with Gasteiger partial charge in [-0.2, -0.15) is 0 Å². The summed E-state index contributed by atoms with van der Waals surface area (Å²) in [6.45, 7) is 10.6. The molecule has 0 saturated heterocycles. The second-order valence-corrected chi connectivity index (χ2v) is 7.07. The number of rotatable bonds is 10. The molecule has 1 fully saturated rings. The number of ketones is 1. The smallest absolute Gasteiger partial charge is 0.135 e. The summed E-state index contributed by atoms with van der Waals surface area (Å²) in [5.41, 5.74) is 0. The SMILES string of the molecule is CC(C)OC[C@H]1CC[C@H](COCCCC(=O)C(C)C)CC1. The summed E-state index contributed by atoms with van der Waals surface area (Å²) in [7, 11) is 0. The predicted octanol–water partition coefficient (Wildman–Crippen LogP) is 4.24. The third kappa shape index (κ3) is 8.57. The van der Waals surface area contributed by atoms with E-state index in [2.05, 4.69) is 13.8 Å². The fourth-order valence-electron chi connectivity index (χ4n) is 2.78. The van der Waals surface area contributed by atoms with Crippen LogP contribution in [0.3, 0.4) is 0 Å². The van der Waals surface area contributed by atoms with Crippen LogP contribution in [0.1, 0.15) is 66.2 Å². The molecule has 1 aliphatic rings. The Morgan fingerprint density at radius 1 is 1.00 bits per heavy atom. The maximum Gasteiger partial charge on any atom is 0.135 e. The van der Waals surface area contributed by atoms with E-state index in [1.165, 1.54) is 25.7 Å². The molecule has 0 aromatic heterocycles. The van der Waals surface area contributed by atoms with E-state index in [0.29, 0.717) is 24.2 Å². The van der Waals surface area contributed by atoms with Gasteiger partial charge in [-0.3, -0.25) is 4.79 Å². The number of hydrogen-bond acceptors (Lipinski definition) is 3. The second-order valence-electron chi connectivity index (χ2n) is 7.07. The lowest BCUT2D eigenvalue weighted by Gasteiger charge is -2.28. The molecule has 1 saturated carbocycles. The van der Waals surface area contributed by atoms with Gasteiger partial charge in [-0.25, -0.2) is 0 Å². The molecular weight excluding hydrogens is 264 g/mol. The molecule has 1 rings (SSSR count). The molecule has 0 aromatic carbocycles. The van der Waals surface area contributed by atoms with Crippen molar-refractivity contribution in [3.8, 4) is 0 Å². The lowest BCUT2D eigenvalue weighted by Crippen LogP contribution is -2.23. The quantitative estimate of drug-likeness (QED) is 0.566. The number of carbonyl (C=O) groups is 1. The van der Waals surface area contributed by atoms with Crippen LogP contribution in [0.5, 0.6) is 0 Å². The van der Waals surface area contributed by atoms with E-state index in [4.69, 9.17) is 9.47 Å². The van der Waals surface area contributed by atoms with Crippen LogP contribution in [0, 0.1) is 17.8 Å². The molecule has 0 aliphatic heterocycles. The Hall–Kier alpha value is -0.410. The highest BCUT2D eigenvalue weighted by molar-refractivity contribution is 5.80. The molecule has 3 heteroatoms. The molecule has 0 atom stereocenters. The molecule has 124 valence electrons. The predicted molar refractivity (Wildman–Crippen MR) is 86.4 cm³/mol. The van der Waals surface area contributed by atoms with Gasteiger partial charge in [0.15, 0.2) is 0 Å². The van der Waals surface area contributed by atoms with Gasteiger partial charge in [-0.15, -0.1) is 0 Å². The topological polar surface area (TPSA) is 35.5 Å². The first-order chi connectivity index (χ1) is 9.99. The molecule has 1 aliphatic carbocycles. The van der Waals surface area contributed by atoms with Crippen LogP contribution in [0.15, 0.2) is 0 Å². The molecule has 0 unspecified atom stereocenters. The molecule has 21 heavy (non-hydrogen) atoms. The van der Waals surface area contributed by atoms with E-state index in [1.807, 2.05) is 13.8 Å². The van der Waals surface area contributed by atoms with Gasteiger partial charge < -0.3 is 9.47 Å². The lowest BCUT2D eigenvalue weighted by atomic mass is 9.83. The van der Waals surface area contributed by atoms with Crippen molar-refractivity contribution in [2.24, 2.45) is 17.8 Å². The number of carbonyl (C=O) groups excluding carboxylic acids is 1. The summed E-state index contributed by atoms with van der Waals surface area (Å²) in [6, 6.07) is 0. The van der Waals surface area contributed by atoms with Gasteiger partial charge in [0.05, 0.1) is 6.10 Å². The highest BCUT2D eigenvalue weighted by Crippen LogP contribution is 2.29. The van der Waals surface area contributed by atoms with Gasteiger partial charge in [0, 0.05) is 32.2 Å². The van der Waals surface area contributed by atoms with Crippen LogP contribution >= 0.6 is 0 Å². The molecule has 3 nitrogen and oxygen atoms in total. The minimum Gasteiger partial charge on any atom is -0.381 e. The third-order valence-corrected chi connectivity index (χ3v) is 4.34. The zero-order chi connectivity index (χ0) is 15.7. The van der Waals surface area contributed by atoms with E-state index >= 15 is 0 Å². The van der Waals surface area contributed by atoms with Crippen molar-refractivity contribution >= 4 is 5.78 Å². The minimum atomic E-state index is 0.160. The minimum absolute atomic E-state index is 0.160. The Morgan fingerprint density at radius 2 is 1.57 bits per heavy atom. The van der Waals surface area contributed by atoms with Crippen LogP contribution in [0.4, 0.5) is 0 Å². The zero-order valence-corrected chi connectivity index (χ0v) is 14.4. The maximum absolute atomic E-state index is 11.5. The first-order valence-electron chi connectivity index (χ1n) is 8.71. The van der Waals surface area contributed by atoms with Crippen molar-refractivity contribution in [1.29, 1.82) is 0 Å². The monoisotopic (exact) mass is 298 g/mol. The van der Waals surface area contributed by atoms with E-state index in [9.17, 15) is 4.79 Å². The first-order valence-corrected chi connectivity index (χ1v) is 8.71. The largest absolute Gasteiger partial charge is 0.381 e. The maximum atomic E-state index is 11.5. The lowest BCUT2D eigenvalue weighted by molar-refractivity contribution is -0.122. The van der Waals surface area contributed by atoms with Crippen molar-refractivity contribution in [1.82, 2.24) is 0 Å². The normalized spacial score (nSPS) is 23.0. The molecule has 0 spiro atoms. The van der Waals surface area contributed by atoms with Crippen molar-refractivity contribution in [2.45, 2.75) is 72.3 Å². The summed E-state index contributed by atoms with van der Waals surface area (Å²) in [4.78, 5) is 11.5. The molecular formula is C18H34O3. The Balaban J connectivity index is 1.99. The van der Waals surface area contributed by atoms with Gasteiger partial charge in [-0.05, 0) is 57.8 Å². The highest BCUT2D eigenvalue weighted by Gasteiger charge is 2.21. The Bertz CT molecular complexity index is 278. The fraction of sp³-hybridized carbons (Fsp3) is 0.944. The standard InChI is InChI=1S/C18H34O3/c1-14(2)18(19)6-5-11-20-12-16-7-9-17(10-8-16)13-21-15(3)4/h14-17H,5-13H2,1-4H3/t16-,17-. The van der Waals surface area contributed by atoms with Gasteiger partial charge in [0.2, 0.25) is 0 Å². The fourth-order valence-corrected chi connectivity index (χ4v) is 2.78. The molecule has 0 N–H and O–H groups in total. The third-order valence-electron chi connectivity index (χ3n) is 4.34. The Labute approximate surface area is 130 Å². The van der Waals surface area contributed by atoms with Gasteiger partial charge in [0.25, 0.3) is 0 Å². The molecule has 0 aromatic rings. The van der Waals surface area contributed by atoms with E-state index in [-0.39, 0.29) is 5.92 Å². The van der Waals surface area contributed by atoms with Gasteiger partial charge in [-0.1, -0.05) is 13.8 Å². The van der Waals surface area contributed by atoms with Gasteiger partial charge >= 0.3 is 0 Å². The van der Waals surface area contributed by atoms with E-state index in [1.54, 1.807) is 0 Å². The van der Waals surface area contributed by atoms with Crippen molar-refractivity contribution in [3.05, 3.63) is 0 Å². The highest BCUT2D eigenvalue weighted by atomic mass is 16.5. The number of Topliss-reactive ketones (excluding diaryl/α,β-unsaturated/α-hetero) is 1. The van der Waals surface area contributed by atoms with Crippen LogP contribution in [-0.2, 0) is 14.3 Å². The van der Waals surface area contributed by atoms with E-state index < -0.39 is 0 Å². The van der Waals surface area contributed by atoms with Crippen molar-refractivity contribution < 1.29 is 14.3 Å². The summed E-state index contributed by atoms with van der Waals surface area (Å²) in [6.07, 6.45) is 6.94. The summed E-state index contributed by atoms with van der Waals surface area (Å²) >= 11 is 0. The second kappa shape index (κ2) is 10.3. The average Bonchev–Trinajstić information content (AvgIpc) is 2.45. The van der Waals surface area contributed by atoms with Crippen molar-refractivity contribution in [3.63, 3.8) is 0 Å². The van der Waals surface area contributed by atoms with E-state index in [0.717, 1.165) is 32.2 Å². The Morgan fingerprint density at radius 3 is 2.10 bits per heavy atom. The zero-order valence-electron chi connectivity index (χ0n) is 14.4. The summed E-state index contributed by atoms with van der Waals surface area (Å²) in [5.74, 6) is 1.96. The average molecular weight is 298 g/mol. The van der Waals surface area contributed by atoms with Crippen LogP contribution in [0.2, 0.25) is 0 Å². The van der Waals surface area contributed by atoms with Crippen molar-refractivity contribution in [2.75, 3.05) is 19.8 Å².